The fraction of sp³-hybridized carbons (Fsp3) is 0.700. The predicted octanol–water partition coefficient (Wildman–Crippen LogP) is 6.31. The second kappa shape index (κ2) is 5.54. The van der Waals surface area contributed by atoms with Crippen molar-refractivity contribution in [2.75, 3.05) is 0 Å². The van der Waals surface area contributed by atoms with Gasteiger partial charge in [0.15, 0.2) is 0 Å². The lowest BCUT2D eigenvalue weighted by Crippen LogP contribution is -2.48. The zero-order chi connectivity index (χ0) is 15.0. The van der Waals surface area contributed by atoms with Crippen LogP contribution in [0.15, 0.2) is 36.0 Å². The van der Waals surface area contributed by atoms with Crippen molar-refractivity contribution in [2.45, 2.75) is 66.7 Å². The average Bonchev–Trinajstić information content (AvgIpc) is 2.36. The lowest BCUT2D eigenvalue weighted by atomic mass is 9.48. The van der Waals surface area contributed by atoms with Crippen LogP contribution in [0.2, 0.25) is 0 Å². The fourth-order valence-corrected chi connectivity index (χ4v) is 4.98. The highest BCUT2D eigenvalue weighted by molar-refractivity contribution is 5.21. The van der Waals surface area contributed by atoms with Crippen LogP contribution in [0.4, 0.5) is 0 Å². The van der Waals surface area contributed by atoms with E-state index in [4.69, 9.17) is 0 Å². The van der Waals surface area contributed by atoms with Gasteiger partial charge >= 0.3 is 0 Å². The molecule has 2 aliphatic rings. The average molecular weight is 272 g/mol. The van der Waals surface area contributed by atoms with Gasteiger partial charge in [-0.2, -0.15) is 0 Å². The molecule has 1 fully saturated rings. The van der Waals surface area contributed by atoms with Crippen LogP contribution < -0.4 is 0 Å². The molecule has 112 valence electrons. The van der Waals surface area contributed by atoms with Crippen molar-refractivity contribution in [3.05, 3.63) is 36.0 Å². The van der Waals surface area contributed by atoms with Gasteiger partial charge in [0.05, 0.1) is 0 Å². The third-order valence-electron chi connectivity index (χ3n) is 6.29. The number of rotatable bonds is 3. The van der Waals surface area contributed by atoms with Crippen molar-refractivity contribution in [3.63, 3.8) is 0 Å². The Balaban J connectivity index is 2.32. The molecule has 0 bridgehead atoms. The standard InChI is InChI=1S/C20H32/c1-7-15(2)9-11-17-16(3)10-12-18-19(4,5)13-8-14-20(17,18)6/h7,9-10,17-18H,1,8,11-14H2,2-6H3/b15-9-/t17-,18-,20+/m0/s1. The molecule has 3 atom stereocenters. The molecule has 0 saturated heterocycles. The quantitative estimate of drug-likeness (QED) is 0.417. The van der Waals surface area contributed by atoms with Crippen LogP contribution in [-0.2, 0) is 0 Å². The first kappa shape index (κ1) is 15.6. The molecule has 0 amide bonds. The Morgan fingerprint density at radius 1 is 1.35 bits per heavy atom. The number of allylic oxidation sites excluding steroid dienone is 5. The Bertz CT molecular complexity index is 435. The third-order valence-corrected chi connectivity index (χ3v) is 6.29. The van der Waals surface area contributed by atoms with Crippen molar-refractivity contribution < 1.29 is 0 Å². The maximum absolute atomic E-state index is 3.88. The normalized spacial score (nSPS) is 37.0. The second-order valence-corrected chi connectivity index (χ2v) is 8.02. The molecule has 0 heteroatoms. The van der Waals surface area contributed by atoms with Gasteiger partial charge in [0.25, 0.3) is 0 Å². The molecule has 0 aliphatic heterocycles. The SMILES string of the molecule is C=C/C(C)=C\C[C@H]1C(C)=CC[C@H]2C(C)(C)CCC[C@]12C. The third kappa shape index (κ3) is 2.67. The largest absolute Gasteiger partial charge is 0.0988 e. The molecule has 2 aliphatic carbocycles. The summed E-state index contributed by atoms with van der Waals surface area (Å²) >= 11 is 0. The van der Waals surface area contributed by atoms with Crippen molar-refractivity contribution in [3.8, 4) is 0 Å². The summed E-state index contributed by atoms with van der Waals surface area (Å²) in [6.45, 7) is 15.9. The van der Waals surface area contributed by atoms with Crippen molar-refractivity contribution in [1.29, 1.82) is 0 Å². The first-order valence-corrected chi connectivity index (χ1v) is 8.27. The summed E-state index contributed by atoms with van der Waals surface area (Å²) in [5.74, 6) is 1.56. The summed E-state index contributed by atoms with van der Waals surface area (Å²) in [5, 5.41) is 0. The zero-order valence-electron chi connectivity index (χ0n) is 14.1. The van der Waals surface area contributed by atoms with Crippen molar-refractivity contribution >= 4 is 0 Å². The number of hydrogen-bond acceptors (Lipinski definition) is 0. The van der Waals surface area contributed by atoms with Crippen LogP contribution in [0.3, 0.4) is 0 Å². The van der Waals surface area contributed by atoms with Gasteiger partial charge in [-0.3, -0.25) is 0 Å². The van der Waals surface area contributed by atoms with Gasteiger partial charge in [-0.15, -0.1) is 0 Å². The van der Waals surface area contributed by atoms with E-state index in [9.17, 15) is 0 Å². The van der Waals surface area contributed by atoms with Gasteiger partial charge in [0.1, 0.15) is 0 Å². The van der Waals surface area contributed by atoms with Gasteiger partial charge in [-0.05, 0) is 62.2 Å². The molecule has 0 nitrogen and oxygen atoms in total. The Labute approximate surface area is 126 Å². The Morgan fingerprint density at radius 3 is 2.70 bits per heavy atom. The molecule has 0 spiro atoms. The van der Waals surface area contributed by atoms with Crippen LogP contribution in [0.25, 0.3) is 0 Å². The maximum Gasteiger partial charge on any atom is -0.0114 e. The van der Waals surface area contributed by atoms with E-state index in [1.807, 2.05) is 6.08 Å². The van der Waals surface area contributed by atoms with Crippen molar-refractivity contribution in [1.82, 2.24) is 0 Å². The second-order valence-electron chi connectivity index (χ2n) is 8.02. The molecule has 0 aromatic heterocycles. The summed E-state index contributed by atoms with van der Waals surface area (Å²) in [5.41, 5.74) is 3.92. The van der Waals surface area contributed by atoms with Crippen LogP contribution in [-0.4, -0.2) is 0 Å². The van der Waals surface area contributed by atoms with E-state index in [0.717, 1.165) is 11.8 Å². The molecule has 0 heterocycles. The molecule has 0 radical (unpaired) electrons. The van der Waals surface area contributed by atoms with E-state index in [-0.39, 0.29) is 0 Å². The van der Waals surface area contributed by atoms with E-state index in [1.54, 1.807) is 5.57 Å². The lowest BCUT2D eigenvalue weighted by molar-refractivity contribution is -0.0361. The Hall–Kier alpha value is -0.780. The highest BCUT2D eigenvalue weighted by Crippen LogP contribution is 2.60. The molecule has 0 unspecified atom stereocenters. The molecular formula is C20H32. The van der Waals surface area contributed by atoms with Crippen LogP contribution >= 0.6 is 0 Å². The highest BCUT2D eigenvalue weighted by atomic mass is 14.6. The lowest BCUT2D eigenvalue weighted by Gasteiger charge is -2.56. The molecule has 2 rings (SSSR count). The van der Waals surface area contributed by atoms with E-state index >= 15 is 0 Å². The topological polar surface area (TPSA) is 0 Å². The predicted molar refractivity (Wildman–Crippen MR) is 89.7 cm³/mol. The Morgan fingerprint density at radius 2 is 2.05 bits per heavy atom. The van der Waals surface area contributed by atoms with E-state index in [1.165, 1.54) is 37.7 Å². The van der Waals surface area contributed by atoms with Crippen LogP contribution in [0.1, 0.15) is 66.7 Å². The number of fused-ring (bicyclic) bond motifs is 1. The Kier molecular flexibility index (Phi) is 4.33. The molecule has 0 aromatic rings. The zero-order valence-corrected chi connectivity index (χ0v) is 14.1. The summed E-state index contributed by atoms with van der Waals surface area (Å²) in [6.07, 6.45) is 13.6. The smallest absolute Gasteiger partial charge is 0.0114 e. The molecule has 20 heavy (non-hydrogen) atoms. The minimum absolute atomic E-state index is 0.485. The molecule has 0 aromatic carbocycles. The maximum atomic E-state index is 3.88. The summed E-state index contributed by atoms with van der Waals surface area (Å²) < 4.78 is 0. The number of hydrogen-bond donors (Lipinski definition) is 0. The van der Waals surface area contributed by atoms with Gasteiger partial charge in [-0.25, -0.2) is 0 Å². The first-order valence-electron chi connectivity index (χ1n) is 8.27. The summed E-state index contributed by atoms with van der Waals surface area (Å²) in [6, 6.07) is 0. The first-order chi connectivity index (χ1) is 9.31. The monoisotopic (exact) mass is 272 g/mol. The van der Waals surface area contributed by atoms with E-state index < -0.39 is 0 Å². The summed E-state index contributed by atoms with van der Waals surface area (Å²) in [7, 11) is 0. The van der Waals surface area contributed by atoms with Gasteiger partial charge < -0.3 is 0 Å². The van der Waals surface area contributed by atoms with E-state index in [0.29, 0.717) is 10.8 Å². The van der Waals surface area contributed by atoms with Crippen LogP contribution in [0.5, 0.6) is 0 Å². The molecular weight excluding hydrogens is 240 g/mol. The fourth-order valence-electron chi connectivity index (χ4n) is 4.98. The minimum atomic E-state index is 0.485. The van der Waals surface area contributed by atoms with Gasteiger partial charge in [0, 0.05) is 0 Å². The van der Waals surface area contributed by atoms with Gasteiger partial charge in [0.2, 0.25) is 0 Å². The molecule has 1 saturated carbocycles. The van der Waals surface area contributed by atoms with Crippen LogP contribution in [0, 0.1) is 22.7 Å². The van der Waals surface area contributed by atoms with Gasteiger partial charge in [-0.1, -0.05) is 63.1 Å². The highest BCUT2D eigenvalue weighted by Gasteiger charge is 2.51. The minimum Gasteiger partial charge on any atom is -0.0988 e. The summed E-state index contributed by atoms with van der Waals surface area (Å²) in [4.78, 5) is 0. The van der Waals surface area contributed by atoms with Crippen molar-refractivity contribution in [2.24, 2.45) is 22.7 Å². The molecule has 0 N–H and O–H groups in total. The van der Waals surface area contributed by atoms with E-state index in [2.05, 4.69) is 53.3 Å².